The lowest BCUT2D eigenvalue weighted by Gasteiger charge is -2.14. The number of methoxy groups -OCH3 is 2. The van der Waals surface area contributed by atoms with E-state index in [2.05, 4.69) is 9.94 Å². The summed E-state index contributed by atoms with van der Waals surface area (Å²) in [5, 5.41) is 5.20. The van der Waals surface area contributed by atoms with Gasteiger partial charge in [-0.3, -0.25) is 4.68 Å². The number of rotatable bonds is 6. The van der Waals surface area contributed by atoms with E-state index in [-0.39, 0.29) is 12.0 Å². The van der Waals surface area contributed by atoms with Crippen molar-refractivity contribution in [1.82, 2.24) is 9.78 Å². The van der Waals surface area contributed by atoms with E-state index in [0.717, 1.165) is 17.0 Å². The Morgan fingerprint density at radius 3 is 2.72 bits per heavy atom. The first-order valence-electron chi connectivity index (χ1n) is 7.50. The van der Waals surface area contributed by atoms with Gasteiger partial charge in [0, 0.05) is 19.6 Å². The molecule has 0 saturated carbocycles. The maximum absolute atomic E-state index is 13.2. The van der Waals surface area contributed by atoms with Crippen LogP contribution in [0.4, 0.5) is 10.1 Å². The van der Waals surface area contributed by atoms with Crippen molar-refractivity contribution in [2.45, 2.75) is 12.8 Å². The van der Waals surface area contributed by atoms with E-state index in [0.29, 0.717) is 18.0 Å². The molecule has 0 aliphatic carbocycles. The van der Waals surface area contributed by atoms with Crippen molar-refractivity contribution in [1.29, 1.82) is 0 Å². The molecule has 1 heterocycles. The molecular weight excluding hydrogens is 325 g/mol. The lowest BCUT2D eigenvalue weighted by molar-refractivity contribution is -0.111. The predicted molar refractivity (Wildman–Crippen MR) is 90.3 cm³/mol. The Morgan fingerprint density at radius 2 is 2.00 bits per heavy atom. The van der Waals surface area contributed by atoms with Gasteiger partial charge in [-0.05, 0) is 36.4 Å². The van der Waals surface area contributed by atoms with E-state index < -0.39 is 5.82 Å². The van der Waals surface area contributed by atoms with E-state index in [1.54, 1.807) is 31.2 Å². The molecule has 25 heavy (non-hydrogen) atoms. The number of ether oxygens (including phenoxy) is 3. The van der Waals surface area contributed by atoms with Crippen LogP contribution in [0.15, 0.2) is 42.6 Å². The molecule has 0 fully saturated rings. The molecule has 0 aliphatic heterocycles. The first-order chi connectivity index (χ1) is 12.1. The average Bonchev–Trinajstić information content (AvgIpc) is 3.03. The molecule has 0 N–H and O–H groups in total. The van der Waals surface area contributed by atoms with E-state index in [1.807, 2.05) is 12.1 Å². The lowest BCUT2D eigenvalue weighted by Crippen LogP contribution is -2.21. The highest BCUT2D eigenvalue weighted by molar-refractivity contribution is 5.80. The van der Waals surface area contributed by atoms with Crippen LogP contribution >= 0.6 is 0 Å². The van der Waals surface area contributed by atoms with Gasteiger partial charge in [0.2, 0.25) is 5.69 Å². The summed E-state index contributed by atoms with van der Waals surface area (Å²) in [7, 11) is 3.15. The zero-order chi connectivity index (χ0) is 17.8. The second-order valence-corrected chi connectivity index (χ2v) is 5.27. The molecule has 6 nitrogen and oxygen atoms in total. The van der Waals surface area contributed by atoms with Crippen LogP contribution in [0.1, 0.15) is 0 Å². The highest BCUT2D eigenvalue weighted by Crippen LogP contribution is 2.33. The SMILES string of the molecule is [C-]#[N+]c1cc(F)ccc1Oc1ccc2c(cnn2CC(OC)OC)c1. The third kappa shape index (κ3) is 3.60. The van der Waals surface area contributed by atoms with Crippen LogP contribution < -0.4 is 4.74 Å². The number of nitrogens with zero attached hydrogens (tertiary/aromatic N) is 3. The quantitative estimate of drug-likeness (QED) is 0.499. The van der Waals surface area contributed by atoms with Gasteiger partial charge in [-0.25, -0.2) is 9.24 Å². The third-order valence-electron chi connectivity index (χ3n) is 3.73. The summed E-state index contributed by atoms with van der Waals surface area (Å²) in [5.41, 5.74) is 1.02. The molecule has 0 spiro atoms. The maximum atomic E-state index is 13.2. The van der Waals surface area contributed by atoms with Crippen LogP contribution in [0.3, 0.4) is 0 Å². The Bertz CT molecular complexity index is 929. The smallest absolute Gasteiger partial charge is 0.231 e. The summed E-state index contributed by atoms with van der Waals surface area (Å²) in [6, 6.07) is 9.29. The molecule has 0 unspecified atom stereocenters. The Kier molecular flexibility index (Phi) is 4.93. The normalized spacial score (nSPS) is 11.0. The Morgan fingerprint density at radius 1 is 1.20 bits per heavy atom. The maximum Gasteiger partial charge on any atom is 0.231 e. The van der Waals surface area contributed by atoms with Gasteiger partial charge in [-0.2, -0.15) is 5.10 Å². The van der Waals surface area contributed by atoms with Crippen LogP contribution in [0.2, 0.25) is 0 Å². The van der Waals surface area contributed by atoms with Gasteiger partial charge in [0.1, 0.15) is 17.3 Å². The Hall–Kier alpha value is -2.95. The molecule has 3 rings (SSSR count). The number of halogens is 1. The van der Waals surface area contributed by atoms with Crippen molar-refractivity contribution in [2.24, 2.45) is 0 Å². The molecule has 0 bridgehead atoms. The lowest BCUT2D eigenvalue weighted by atomic mass is 10.2. The second-order valence-electron chi connectivity index (χ2n) is 5.27. The minimum absolute atomic E-state index is 0.124. The van der Waals surface area contributed by atoms with Crippen molar-refractivity contribution in [2.75, 3.05) is 14.2 Å². The van der Waals surface area contributed by atoms with Gasteiger partial charge >= 0.3 is 0 Å². The molecule has 0 saturated heterocycles. The Balaban J connectivity index is 1.87. The van der Waals surface area contributed by atoms with Crippen LogP contribution in [-0.2, 0) is 16.0 Å². The molecule has 3 aromatic rings. The number of hydrogen-bond acceptors (Lipinski definition) is 4. The van der Waals surface area contributed by atoms with E-state index in [1.165, 1.54) is 12.1 Å². The molecule has 0 aliphatic rings. The van der Waals surface area contributed by atoms with Crippen LogP contribution in [0, 0.1) is 12.4 Å². The van der Waals surface area contributed by atoms with E-state index in [9.17, 15) is 4.39 Å². The number of fused-ring (bicyclic) bond motifs is 1. The Labute approximate surface area is 144 Å². The average molecular weight is 341 g/mol. The minimum Gasteiger partial charge on any atom is -0.468 e. The number of aromatic nitrogens is 2. The van der Waals surface area contributed by atoms with Gasteiger partial charge in [-0.1, -0.05) is 0 Å². The van der Waals surface area contributed by atoms with Gasteiger partial charge < -0.3 is 14.2 Å². The van der Waals surface area contributed by atoms with Crippen molar-refractivity contribution in [3.05, 3.63) is 59.8 Å². The number of hydrogen-bond donors (Lipinski definition) is 0. The van der Waals surface area contributed by atoms with Crippen LogP contribution in [-0.4, -0.2) is 30.3 Å². The fraction of sp³-hybridized carbons (Fsp3) is 0.222. The largest absolute Gasteiger partial charge is 0.468 e. The third-order valence-corrected chi connectivity index (χ3v) is 3.73. The predicted octanol–water partition coefficient (Wildman–Crippen LogP) is 4.14. The van der Waals surface area contributed by atoms with Crippen molar-refractivity contribution >= 4 is 16.6 Å². The van der Waals surface area contributed by atoms with Crippen LogP contribution in [0.25, 0.3) is 15.7 Å². The van der Waals surface area contributed by atoms with E-state index in [4.69, 9.17) is 20.8 Å². The van der Waals surface area contributed by atoms with Gasteiger partial charge in [-0.15, -0.1) is 0 Å². The molecule has 0 atom stereocenters. The van der Waals surface area contributed by atoms with Crippen LogP contribution in [0.5, 0.6) is 11.5 Å². The monoisotopic (exact) mass is 341 g/mol. The standard InChI is InChI=1S/C18H16FN3O3/c1-20-15-9-13(19)4-7-17(15)25-14-5-6-16-12(8-14)10-21-22(16)11-18(23-2)24-3/h4-10,18H,11H2,2-3H3. The van der Waals surface area contributed by atoms with Crippen molar-refractivity contribution in [3.63, 3.8) is 0 Å². The summed E-state index contributed by atoms with van der Waals surface area (Å²) in [6.07, 6.45) is 1.32. The fourth-order valence-corrected chi connectivity index (χ4v) is 2.45. The summed E-state index contributed by atoms with van der Waals surface area (Å²) in [4.78, 5) is 3.29. The molecule has 1 aromatic heterocycles. The van der Waals surface area contributed by atoms with Gasteiger partial charge in [0.25, 0.3) is 0 Å². The second kappa shape index (κ2) is 7.30. The molecule has 0 amide bonds. The zero-order valence-electron chi connectivity index (χ0n) is 13.8. The molecule has 0 radical (unpaired) electrons. The van der Waals surface area contributed by atoms with Crippen molar-refractivity contribution in [3.8, 4) is 11.5 Å². The first-order valence-corrected chi connectivity index (χ1v) is 7.50. The van der Waals surface area contributed by atoms with Gasteiger partial charge in [0.15, 0.2) is 6.29 Å². The van der Waals surface area contributed by atoms with Gasteiger partial charge in [0.05, 0.1) is 24.8 Å². The summed E-state index contributed by atoms with van der Waals surface area (Å²) >= 11 is 0. The molecule has 7 heteroatoms. The highest BCUT2D eigenvalue weighted by atomic mass is 19.1. The summed E-state index contributed by atoms with van der Waals surface area (Å²) < 4.78 is 31.1. The van der Waals surface area contributed by atoms with E-state index >= 15 is 0 Å². The fourth-order valence-electron chi connectivity index (χ4n) is 2.45. The molecule has 2 aromatic carbocycles. The molecule has 128 valence electrons. The summed E-state index contributed by atoms with van der Waals surface area (Å²) in [5.74, 6) is 0.376. The minimum atomic E-state index is -0.471. The molecular formula is C18H16FN3O3. The highest BCUT2D eigenvalue weighted by Gasteiger charge is 2.12. The topological polar surface area (TPSA) is 49.9 Å². The number of benzene rings is 2. The first kappa shape index (κ1) is 16.9. The zero-order valence-corrected chi connectivity index (χ0v) is 13.8. The van der Waals surface area contributed by atoms with Crippen molar-refractivity contribution < 1.29 is 18.6 Å². The summed E-state index contributed by atoms with van der Waals surface area (Å²) in [6.45, 7) is 7.58.